The van der Waals surface area contributed by atoms with E-state index in [0.717, 1.165) is 6.54 Å². The first-order valence-corrected chi connectivity index (χ1v) is 4.51. The highest BCUT2D eigenvalue weighted by Crippen LogP contribution is 2.16. The van der Waals surface area contributed by atoms with E-state index in [4.69, 9.17) is 16.3 Å². The van der Waals surface area contributed by atoms with Crippen LogP contribution in [-0.4, -0.2) is 32.1 Å². The first-order valence-electron chi connectivity index (χ1n) is 4.13. The lowest BCUT2D eigenvalue weighted by Gasteiger charge is -2.10. The summed E-state index contributed by atoms with van der Waals surface area (Å²) < 4.78 is 5.42. The predicted octanol–water partition coefficient (Wildman–Crippen LogP) is 2.08. The van der Waals surface area contributed by atoms with Crippen LogP contribution in [0.2, 0.25) is 5.02 Å². The second-order valence-electron chi connectivity index (χ2n) is 3.02. The maximum atomic E-state index is 5.78. The van der Waals surface area contributed by atoms with Gasteiger partial charge in [-0.3, -0.25) is 0 Å². The molecule has 0 bridgehead atoms. The van der Waals surface area contributed by atoms with E-state index in [0.29, 0.717) is 17.4 Å². The standard InChI is InChI=1S/C10H13ClNO/c1-12(2)6-7-13-10-5-3-4-9(11)8-10/h3-4,8H,6-7H2,1-2H3. The van der Waals surface area contributed by atoms with Crippen LogP contribution < -0.4 is 4.74 Å². The maximum absolute atomic E-state index is 5.78. The lowest BCUT2D eigenvalue weighted by molar-refractivity contribution is 0.261. The van der Waals surface area contributed by atoms with Gasteiger partial charge in [-0.2, -0.15) is 0 Å². The van der Waals surface area contributed by atoms with E-state index in [1.165, 1.54) is 0 Å². The number of benzene rings is 1. The number of rotatable bonds is 4. The van der Waals surface area contributed by atoms with Gasteiger partial charge < -0.3 is 9.64 Å². The summed E-state index contributed by atoms with van der Waals surface area (Å²) in [4.78, 5) is 2.06. The minimum absolute atomic E-state index is 0.657. The van der Waals surface area contributed by atoms with E-state index in [9.17, 15) is 0 Å². The number of hydrogen-bond acceptors (Lipinski definition) is 2. The van der Waals surface area contributed by atoms with Crippen molar-refractivity contribution in [2.75, 3.05) is 27.2 Å². The largest absolute Gasteiger partial charge is 0.492 e. The second kappa shape index (κ2) is 5.10. The van der Waals surface area contributed by atoms with Crippen molar-refractivity contribution in [3.05, 3.63) is 29.3 Å². The molecule has 0 spiro atoms. The van der Waals surface area contributed by atoms with Crippen LogP contribution in [0.25, 0.3) is 0 Å². The van der Waals surface area contributed by atoms with Crippen molar-refractivity contribution in [1.29, 1.82) is 0 Å². The number of ether oxygens (including phenoxy) is 1. The van der Waals surface area contributed by atoms with Crippen molar-refractivity contribution in [3.8, 4) is 5.75 Å². The molecule has 1 aromatic carbocycles. The number of likely N-dealkylation sites (N-methyl/N-ethyl adjacent to an activating group) is 1. The molecular formula is C10H13ClNO. The molecule has 0 saturated heterocycles. The minimum Gasteiger partial charge on any atom is -0.492 e. The van der Waals surface area contributed by atoms with Crippen molar-refractivity contribution in [2.24, 2.45) is 0 Å². The molecule has 13 heavy (non-hydrogen) atoms. The second-order valence-corrected chi connectivity index (χ2v) is 3.46. The zero-order valence-electron chi connectivity index (χ0n) is 7.88. The fraction of sp³-hybridized carbons (Fsp3) is 0.400. The zero-order valence-corrected chi connectivity index (χ0v) is 8.64. The molecule has 3 heteroatoms. The summed E-state index contributed by atoms with van der Waals surface area (Å²) in [6.45, 7) is 1.55. The molecule has 0 amide bonds. The van der Waals surface area contributed by atoms with Crippen LogP contribution in [0, 0.1) is 6.07 Å². The summed E-state index contributed by atoms with van der Waals surface area (Å²) in [5, 5.41) is 0.679. The Labute approximate surface area is 84.1 Å². The first kappa shape index (κ1) is 10.4. The number of hydrogen-bond donors (Lipinski definition) is 0. The Morgan fingerprint density at radius 2 is 2.31 bits per heavy atom. The van der Waals surface area contributed by atoms with Gasteiger partial charge in [-0.1, -0.05) is 11.6 Å². The van der Waals surface area contributed by atoms with E-state index in [1.807, 2.05) is 14.1 Å². The summed E-state index contributed by atoms with van der Waals surface area (Å²) in [5.41, 5.74) is 0. The van der Waals surface area contributed by atoms with Gasteiger partial charge in [0.05, 0.1) is 0 Å². The molecule has 0 fully saturated rings. The average Bonchev–Trinajstić information content (AvgIpc) is 2.03. The van der Waals surface area contributed by atoms with Crippen LogP contribution in [0.15, 0.2) is 18.2 Å². The third-order valence-electron chi connectivity index (χ3n) is 1.53. The predicted molar refractivity (Wildman–Crippen MR) is 54.3 cm³/mol. The first-order chi connectivity index (χ1) is 6.18. The summed E-state index contributed by atoms with van der Waals surface area (Å²) in [6.07, 6.45) is 0. The summed E-state index contributed by atoms with van der Waals surface area (Å²) in [5.74, 6) is 0.703. The number of nitrogens with zero attached hydrogens (tertiary/aromatic N) is 1. The van der Waals surface area contributed by atoms with Crippen LogP contribution in [0.1, 0.15) is 0 Å². The molecule has 0 unspecified atom stereocenters. The molecule has 0 atom stereocenters. The fourth-order valence-corrected chi connectivity index (χ4v) is 1.00. The van der Waals surface area contributed by atoms with Crippen LogP contribution in [-0.2, 0) is 0 Å². The zero-order chi connectivity index (χ0) is 9.68. The topological polar surface area (TPSA) is 12.5 Å². The summed E-state index contributed by atoms with van der Waals surface area (Å²) in [6, 6.07) is 8.25. The Kier molecular flexibility index (Phi) is 4.06. The Hall–Kier alpha value is -0.730. The monoisotopic (exact) mass is 198 g/mol. The van der Waals surface area contributed by atoms with E-state index < -0.39 is 0 Å². The van der Waals surface area contributed by atoms with Crippen molar-refractivity contribution in [3.63, 3.8) is 0 Å². The highest BCUT2D eigenvalue weighted by atomic mass is 35.5. The smallest absolute Gasteiger partial charge is 0.128 e. The van der Waals surface area contributed by atoms with Gasteiger partial charge in [0.15, 0.2) is 0 Å². The van der Waals surface area contributed by atoms with Crippen molar-refractivity contribution >= 4 is 11.6 Å². The molecular weight excluding hydrogens is 186 g/mol. The molecule has 1 rings (SSSR count). The molecule has 2 nitrogen and oxygen atoms in total. The molecule has 1 radical (unpaired) electrons. The Bertz CT molecular complexity index is 263. The molecule has 0 aliphatic heterocycles. The van der Waals surface area contributed by atoms with Gasteiger partial charge in [-0.25, -0.2) is 0 Å². The quantitative estimate of drug-likeness (QED) is 0.735. The average molecular weight is 199 g/mol. The van der Waals surface area contributed by atoms with Gasteiger partial charge in [0.2, 0.25) is 0 Å². The maximum Gasteiger partial charge on any atom is 0.128 e. The molecule has 0 saturated carbocycles. The van der Waals surface area contributed by atoms with E-state index in [2.05, 4.69) is 11.0 Å². The summed E-state index contributed by atoms with van der Waals surface area (Å²) >= 11 is 5.78. The van der Waals surface area contributed by atoms with Crippen LogP contribution in [0.5, 0.6) is 5.75 Å². The molecule has 1 aromatic rings. The highest BCUT2D eigenvalue weighted by molar-refractivity contribution is 6.30. The van der Waals surface area contributed by atoms with Gasteiger partial charge in [0.25, 0.3) is 0 Å². The Morgan fingerprint density at radius 3 is 2.92 bits per heavy atom. The van der Waals surface area contributed by atoms with Crippen LogP contribution in [0.3, 0.4) is 0 Å². The van der Waals surface area contributed by atoms with E-state index >= 15 is 0 Å². The van der Waals surface area contributed by atoms with Gasteiger partial charge in [0, 0.05) is 17.6 Å². The minimum atomic E-state index is 0.657. The number of halogens is 1. The van der Waals surface area contributed by atoms with Crippen LogP contribution >= 0.6 is 11.6 Å². The summed E-state index contributed by atoms with van der Waals surface area (Å²) in [7, 11) is 4.01. The molecule has 0 aliphatic carbocycles. The molecule has 0 aromatic heterocycles. The van der Waals surface area contributed by atoms with Gasteiger partial charge in [-0.05, 0) is 32.3 Å². The highest BCUT2D eigenvalue weighted by Gasteiger charge is 1.95. The third-order valence-corrected chi connectivity index (χ3v) is 1.77. The van der Waals surface area contributed by atoms with Crippen molar-refractivity contribution in [2.45, 2.75) is 0 Å². The Morgan fingerprint density at radius 1 is 1.54 bits per heavy atom. The van der Waals surface area contributed by atoms with Gasteiger partial charge in [-0.15, -0.1) is 0 Å². The molecule has 0 heterocycles. The van der Waals surface area contributed by atoms with Gasteiger partial charge in [0.1, 0.15) is 12.4 Å². The van der Waals surface area contributed by atoms with Crippen molar-refractivity contribution in [1.82, 2.24) is 4.90 Å². The lowest BCUT2D eigenvalue weighted by atomic mass is 10.3. The van der Waals surface area contributed by atoms with Crippen LogP contribution in [0.4, 0.5) is 0 Å². The lowest BCUT2D eigenvalue weighted by Crippen LogP contribution is -2.19. The molecule has 0 N–H and O–H groups in total. The molecule has 0 aliphatic rings. The Balaban J connectivity index is 2.37. The normalized spacial score (nSPS) is 10.5. The van der Waals surface area contributed by atoms with E-state index in [-0.39, 0.29) is 0 Å². The molecule has 71 valence electrons. The fourth-order valence-electron chi connectivity index (χ4n) is 0.840. The van der Waals surface area contributed by atoms with Gasteiger partial charge >= 0.3 is 0 Å². The SMILES string of the molecule is CN(C)CCOc1[c]ccc(Cl)c1. The van der Waals surface area contributed by atoms with Crippen molar-refractivity contribution < 1.29 is 4.74 Å². The van der Waals surface area contributed by atoms with E-state index in [1.54, 1.807) is 18.2 Å². The third kappa shape index (κ3) is 4.15.